The summed E-state index contributed by atoms with van der Waals surface area (Å²) in [6, 6.07) is 0.239. The zero-order valence-electron chi connectivity index (χ0n) is 10.9. The molecule has 19 heavy (non-hydrogen) atoms. The van der Waals surface area contributed by atoms with Gasteiger partial charge in [0.15, 0.2) is 0 Å². The number of ether oxygens (including phenoxy) is 1. The van der Waals surface area contributed by atoms with Crippen LogP contribution in [0.15, 0.2) is 6.33 Å². The zero-order chi connectivity index (χ0) is 13.8. The maximum Gasteiger partial charge on any atom is 0.343 e. The van der Waals surface area contributed by atoms with Gasteiger partial charge in [-0.05, 0) is 25.4 Å². The molecular weight excluding hydrogens is 270 g/mol. The Morgan fingerprint density at radius 1 is 1.21 bits per heavy atom. The number of hydrogen-bond donors (Lipinski definition) is 0. The summed E-state index contributed by atoms with van der Waals surface area (Å²) in [6.45, 7) is 5.53. The fourth-order valence-corrected chi connectivity index (χ4v) is 1.61. The molecule has 0 saturated carbocycles. The molecule has 0 aliphatic carbocycles. The van der Waals surface area contributed by atoms with E-state index in [1.54, 1.807) is 7.05 Å². The monoisotopic (exact) mass is 283 g/mol. The van der Waals surface area contributed by atoms with Gasteiger partial charge in [-0.15, -0.1) is 5.10 Å². The second-order valence-electron chi connectivity index (χ2n) is 3.66. The van der Waals surface area contributed by atoms with Crippen LogP contribution in [0.4, 0.5) is 5.95 Å². The van der Waals surface area contributed by atoms with Crippen molar-refractivity contribution in [3.63, 3.8) is 0 Å². The minimum atomic E-state index is 0.0721. The molecule has 0 saturated heterocycles. The van der Waals surface area contributed by atoms with E-state index < -0.39 is 0 Å². The van der Waals surface area contributed by atoms with Gasteiger partial charge in [-0.1, -0.05) is 0 Å². The van der Waals surface area contributed by atoms with Gasteiger partial charge < -0.3 is 9.64 Å². The van der Waals surface area contributed by atoms with Gasteiger partial charge >= 0.3 is 12.0 Å². The van der Waals surface area contributed by atoms with Crippen LogP contribution in [-0.4, -0.2) is 42.8 Å². The third-order valence-electron chi connectivity index (χ3n) is 2.38. The normalized spacial score (nSPS) is 10.5. The highest BCUT2D eigenvalue weighted by Gasteiger charge is 2.12. The Hall–Kier alpha value is -1.96. The van der Waals surface area contributed by atoms with Crippen molar-refractivity contribution in [3.8, 4) is 12.0 Å². The molecule has 0 aromatic carbocycles. The van der Waals surface area contributed by atoms with Crippen molar-refractivity contribution in [2.45, 2.75) is 13.8 Å². The van der Waals surface area contributed by atoms with Crippen LogP contribution in [-0.2, 0) is 7.05 Å². The Morgan fingerprint density at radius 2 is 1.95 bits per heavy atom. The molecule has 0 unspecified atom stereocenters. The summed E-state index contributed by atoms with van der Waals surface area (Å²) in [5.74, 6) is 0.468. The number of halogens is 1. The maximum atomic E-state index is 5.86. The lowest BCUT2D eigenvalue weighted by molar-refractivity contribution is 0.403. The lowest BCUT2D eigenvalue weighted by Crippen LogP contribution is -2.24. The van der Waals surface area contributed by atoms with E-state index in [1.165, 1.54) is 11.0 Å². The van der Waals surface area contributed by atoms with Crippen molar-refractivity contribution in [1.82, 2.24) is 29.7 Å². The highest BCUT2D eigenvalue weighted by atomic mass is 35.5. The van der Waals surface area contributed by atoms with Crippen LogP contribution in [0.3, 0.4) is 0 Å². The molecule has 102 valence electrons. The van der Waals surface area contributed by atoms with Crippen molar-refractivity contribution in [3.05, 3.63) is 11.6 Å². The molecule has 2 aromatic heterocycles. The van der Waals surface area contributed by atoms with Gasteiger partial charge in [0, 0.05) is 20.1 Å². The summed E-state index contributed by atoms with van der Waals surface area (Å²) in [5.41, 5.74) is 0. The predicted molar refractivity (Wildman–Crippen MR) is 69.5 cm³/mol. The smallest absolute Gasteiger partial charge is 0.343 e. The van der Waals surface area contributed by atoms with Crippen molar-refractivity contribution in [2.75, 3.05) is 18.0 Å². The molecule has 2 heterocycles. The number of nitrogens with zero attached hydrogens (tertiary/aromatic N) is 7. The van der Waals surface area contributed by atoms with Crippen LogP contribution in [0.25, 0.3) is 0 Å². The molecule has 8 nitrogen and oxygen atoms in total. The van der Waals surface area contributed by atoms with E-state index in [9.17, 15) is 0 Å². The van der Waals surface area contributed by atoms with Crippen LogP contribution in [0.1, 0.15) is 13.8 Å². The minimum absolute atomic E-state index is 0.0721. The summed E-state index contributed by atoms with van der Waals surface area (Å²) >= 11 is 5.86. The van der Waals surface area contributed by atoms with E-state index >= 15 is 0 Å². The quantitative estimate of drug-likeness (QED) is 0.818. The van der Waals surface area contributed by atoms with Gasteiger partial charge in [0.1, 0.15) is 6.33 Å². The van der Waals surface area contributed by atoms with E-state index in [0.29, 0.717) is 5.95 Å². The van der Waals surface area contributed by atoms with E-state index in [-0.39, 0.29) is 17.3 Å². The second kappa shape index (κ2) is 5.79. The molecule has 0 N–H and O–H groups in total. The van der Waals surface area contributed by atoms with E-state index in [0.717, 1.165) is 13.1 Å². The van der Waals surface area contributed by atoms with Crippen LogP contribution in [0, 0.1) is 0 Å². The van der Waals surface area contributed by atoms with Gasteiger partial charge in [-0.25, -0.2) is 0 Å². The Morgan fingerprint density at radius 3 is 2.53 bits per heavy atom. The summed E-state index contributed by atoms with van der Waals surface area (Å²) in [7, 11) is 1.74. The van der Waals surface area contributed by atoms with Crippen LogP contribution >= 0.6 is 11.6 Å². The lowest BCUT2D eigenvalue weighted by atomic mass is 10.5. The number of anilines is 1. The highest BCUT2D eigenvalue weighted by molar-refractivity contribution is 6.28. The van der Waals surface area contributed by atoms with E-state index in [4.69, 9.17) is 16.3 Å². The number of aryl methyl sites for hydroxylation is 1. The predicted octanol–water partition coefficient (Wildman–Crippen LogP) is 1.29. The molecule has 0 aliphatic heterocycles. The SMILES string of the molecule is CCN(CC)c1nc(Cl)nc(Oc2ncn(C)n2)n1. The van der Waals surface area contributed by atoms with Crippen LogP contribution < -0.4 is 9.64 Å². The van der Waals surface area contributed by atoms with Crippen molar-refractivity contribution >= 4 is 17.5 Å². The molecule has 0 fully saturated rings. The van der Waals surface area contributed by atoms with Crippen LogP contribution in [0.2, 0.25) is 5.28 Å². The van der Waals surface area contributed by atoms with Crippen molar-refractivity contribution in [2.24, 2.45) is 7.05 Å². The summed E-state index contributed by atoms with van der Waals surface area (Å²) in [4.78, 5) is 18.0. The van der Waals surface area contributed by atoms with Crippen molar-refractivity contribution < 1.29 is 4.74 Å². The molecule has 0 aliphatic rings. The molecule has 9 heteroatoms. The van der Waals surface area contributed by atoms with Crippen molar-refractivity contribution in [1.29, 1.82) is 0 Å². The minimum Gasteiger partial charge on any atom is -0.387 e. The molecule has 0 atom stereocenters. The third kappa shape index (κ3) is 3.28. The molecule has 0 bridgehead atoms. The summed E-state index contributed by atoms with van der Waals surface area (Å²) in [5, 5.41) is 4.05. The Kier molecular flexibility index (Phi) is 4.10. The molecule has 2 rings (SSSR count). The molecule has 0 radical (unpaired) electrons. The van der Waals surface area contributed by atoms with E-state index in [2.05, 4.69) is 25.0 Å². The Bertz CT molecular complexity index is 555. The van der Waals surface area contributed by atoms with Gasteiger partial charge in [0.2, 0.25) is 11.2 Å². The average molecular weight is 284 g/mol. The highest BCUT2D eigenvalue weighted by Crippen LogP contribution is 2.18. The number of rotatable bonds is 5. The van der Waals surface area contributed by atoms with Gasteiger partial charge in [-0.3, -0.25) is 4.68 Å². The summed E-state index contributed by atoms with van der Waals surface area (Å²) < 4.78 is 6.86. The molecule has 2 aromatic rings. The molecular formula is C10H14ClN7O. The van der Waals surface area contributed by atoms with Gasteiger partial charge in [0.05, 0.1) is 0 Å². The fourth-order valence-electron chi connectivity index (χ4n) is 1.46. The molecule has 0 amide bonds. The first-order valence-electron chi connectivity index (χ1n) is 5.82. The summed E-state index contributed by atoms with van der Waals surface area (Å²) in [6.07, 6.45) is 1.52. The second-order valence-corrected chi connectivity index (χ2v) is 4.00. The first-order chi connectivity index (χ1) is 9.12. The zero-order valence-corrected chi connectivity index (χ0v) is 11.7. The number of hydrogen-bond acceptors (Lipinski definition) is 7. The van der Waals surface area contributed by atoms with Gasteiger partial charge in [-0.2, -0.15) is 19.9 Å². The molecule has 0 spiro atoms. The Labute approximate surface area is 115 Å². The maximum absolute atomic E-state index is 5.86. The van der Waals surface area contributed by atoms with Gasteiger partial charge in [0.25, 0.3) is 0 Å². The van der Waals surface area contributed by atoms with Crippen LogP contribution in [0.5, 0.6) is 12.0 Å². The largest absolute Gasteiger partial charge is 0.387 e. The first-order valence-corrected chi connectivity index (χ1v) is 6.20. The average Bonchev–Trinajstić information content (AvgIpc) is 2.75. The standard InChI is InChI=1S/C10H14ClN7O/c1-4-18(5-2)8-13-7(11)14-10(15-8)19-9-12-6-17(3)16-9/h6H,4-5H2,1-3H3. The fraction of sp³-hybridized carbons (Fsp3) is 0.500. The topological polar surface area (TPSA) is 81.9 Å². The number of aromatic nitrogens is 6. The first kappa shape index (κ1) is 13.5. The lowest BCUT2D eigenvalue weighted by Gasteiger charge is -2.18. The van der Waals surface area contributed by atoms with E-state index in [1.807, 2.05) is 18.7 Å². The third-order valence-corrected chi connectivity index (χ3v) is 2.55. The Balaban J connectivity index is 2.25.